The smallest absolute Gasteiger partial charge is 0.0484 e. The van der Waals surface area contributed by atoms with Gasteiger partial charge in [-0.3, -0.25) is 0 Å². The zero-order valence-corrected chi connectivity index (χ0v) is 12.1. The van der Waals surface area contributed by atoms with Crippen molar-refractivity contribution >= 4 is 11.6 Å². The second-order valence-electron chi connectivity index (χ2n) is 5.11. The largest absolute Gasteiger partial charge is 0.0837 e. The van der Waals surface area contributed by atoms with Gasteiger partial charge in [0.1, 0.15) is 0 Å². The summed E-state index contributed by atoms with van der Waals surface area (Å²) >= 11 is 6.32. The van der Waals surface area contributed by atoms with Gasteiger partial charge in [-0.25, -0.2) is 0 Å². The number of halogens is 1. The SMILES string of the molecule is Cc1ccc(Cl)c(-c2cc(C(C)C)c[c]c2C)c1. The summed E-state index contributed by atoms with van der Waals surface area (Å²) < 4.78 is 0. The fourth-order valence-electron chi connectivity index (χ4n) is 2.04. The Balaban J connectivity index is 2.62. The summed E-state index contributed by atoms with van der Waals surface area (Å²) in [6.45, 7) is 8.56. The fraction of sp³-hybridized carbons (Fsp3) is 0.294. The summed E-state index contributed by atoms with van der Waals surface area (Å²) in [4.78, 5) is 0. The van der Waals surface area contributed by atoms with Gasteiger partial charge in [0.2, 0.25) is 0 Å². The second kappa shape index (κ2) is 5.16. The van der Waals surface area contributed by atoms with E-state index in [2.05, 4.69) is 52.0 Å². The topological polar surface area (TPSA) is 0 Å². The minimum atomic E-state index is 0.504. The summed E-state index contributed by atoms with van der Waals surface area (Å²) in [7, 11) is 0. The molecule has 0 aromatic heterocycles. The Morgan fingerprint density at radius 3 is 2.44 bits per heavy atom. The molecule has 2 rings (SSSR count). The molecule has 0 nitrogen and oxygen atoms in total. The van der Waals surface area contributed by atoms with Gasteiger partial charge in [-0.15, -0.1) is 0 Å². The zero-order chi connectivity index (χ0) is 13.3. The van der Waals surface area contributed by atoms with Crippen molar-refractivity contribution in [1.29, 1.82) is 0 Å². The Morgan fingerprint density at radius 2 is 1.78 bits per heavy atom. The molecular weight excluding hydrogens is 240 g/mol. The van der Waals surface area contributed by atoms with Crippen molar-refractivity contribution < 1.29 is 0 Å². The van der Waals surface area contributed by atoms with E-state index in [1.165, 1.54) is 16.7 Å². The summed E-state index contributed by atoms with van der Waals surface area (Å²) in [5, 5.41) is 0.804. The molecule has 93 valence electrons. The maximum atomic E-state index is 6.32. The second-order valence-corrected chi connectivity index (χ2v) is 5.52. The fourth-order valence-corrected chi connectivity index (χ4v) is 2.26. The highest BCUT2D eigenvalue weighted by Crippen LogP contribution is 2.32. The van der Waals surface area contributed by atoms with Gasteiger partial charge in [0, 0.05) is 10.6 Å². The van der Waals surface area contributed by atoms with E-state index in [1.807, 2.05) is 12.1 Å². The molecule has 1 heteroatoms. The first-order valence-electron chi connectivity index (χ1n) is 6.28. The quantitative estimate of drug-likeness (QED) is 0.662. The Morgan fingerprint density at radius 1 is 1.06 bits per heavy atom. The molecule has 0 aliphatic heterocycles. The number of hydrogen-bond donors (Lipinski definition) is 0. The number of rotatable bonds is 2. The van der Waals surface area contributed by atoms with E-state index in [0.717, 1.165) is 16.1 Å². The molecule has 0 bridgehead atoms. The van der Waals surface area contributed by atoms with E-state index in [-0.39, 0.29) is 0 Å². The van der Waals surface area contributed by atoms with Crippen LogP contribution in [0, 0.1) is 19.9 Å². The molecule has 0 saturated heterocycles. The summed E-state index contributed by atoms with van der Waals surface area (Å²) in [5.41, 5.74) is 5.96. The average molecular weight is 258 g/mol. The van der Waals surface area contributed by atoms with Crippen LogP contribution in [0.1, 0.15) is 36.5 Å². The third-order valence-corrected chi connectivity index (χ3v) is 3.58. The molecule has 0 spiro atoms. The van der Waals surface area contributed by atoms with Crippen LogP contribution >= 0.6 is 11.6 Å². The molecule has 1 radical (unpaired) electrons. The molecule has 0 N–H and O–H groups in total. The van der Waals surface area contributed by atoms with Crippen LogP contribution in [0.5, 0.6) is 0 Å². The summed E-state index contributed by atoms with van der Waals surface area (Å²) in [6, 6.07) is 13.8. The van der Waals surface area contributed by atoms with Crippen molar-refractivity contribution in [1.82, 2.24) is 0 Å². The molecule has 0 saturated carbocycles. The molecular formula is C17H18Cl. The molecule has 0 aliphatic rings. The normalized spacial score (nSPS) is 11.0. The monoisotopic (exact) mass is 257 g/mol. The average Bonchev–Trinajstić information content (AvgIpc) is 2.33. The predicted octanol–water partition coefficient (Wildman–Crippen LogP) is 5.55. The molecule has 0 heterocycles. The molecule has 0 amide bonds. The van der Waals surface area contributed by atoms with Crippen molar-refractivity contribution in [3.63, 3.8) is 0 Å². The Kier molecular flexibility index (Phi) is 3.77. The first-order chi connectivity index (χ1) is 8.49. The standard InChI is InChI=1S/C17H18Cl/c1-11(2)14-7-6-13(4)15(10-14)16-9-12(3)5-8-17(16)18/h5,7-11H,1-4H3. The lowest BCUT2D eigenvalue weighted by Gasteiger charge is -2.13. The highest BCUT2D eigenvalue weighted by molar-refractivity contribution is 6.33. The highest BCUT2D eigenvalue weighted by Gasteiger charge is 2.09. The van der Waals surface area contributed by atoms with Crippen LogP contribution in [-0.2, 0) is 0 Å². The van der Waals surface area contributed by atoms with Crippen molar-refractivity contribution in [2.45, 2.75) is 33.6 Å². The molecule has 18 heavy (non-hydrogen) atoms. The molecule has 2 aromatic rings. The van der Waals surface area contributed by atoms with Crippen LogP contribution in [0.15, 0.2) is 30.3 Å². The van der Waals surface area contributed by atoms with E-state index >= 15 is 0 Å². The van der Waals surface area contributed by atoms with Crippen molar-refractivity contribution in [2.24, 2.45) is 0 Å². The van der Waals surface area contributed by atoms with E-state index in [9.17, 15) is 0 Å². The van der Waals surface area contributed by atoms with E-state index in [4.69, 9.17) is 11.6 Å². The van der Waals surface area contributed by atoms with E-state index in [0.29, 0.717) is 5.92 Å². The maximum absolute atomic E-state index is 6.32. The van der Waals surface area contributed by atoms with Crippen LogP contribution in [-0.4, -0.2) is 0 Å². The van der Waals surface area contributed by atoms with Crippen LogP contribution in [0.2, 0.25) is 5.02 Å². The molecule has 0 unspecified atom stereocenters. The Labute approximate surface area is 115 Å². The van der Waals surface area contributed by atoms with E-state index in [1.54, 1.807) is 0 Å². The first-order valence-corrected chi connectivity index (χ1v) is 6.65. The van der Waals surface area contributed by atoms with Crippen molar-refractivity contribution in [3.05, 3.63) is 58.1 Å². The van der Waals surface area contributed by atoms with Gasteiger partial charge in [0.05, 0.1) is 0 Å². The van der Waals surface area contributed by atoms with Crippen LogP contribution in [0.25, 0.3) is 11.1 Å². The molecule has 2 aromatic carbocycles. The van der Waals surface area contributed by atoms with Crippen LogP contribution < -0.4 is 0 Å². The van der Waals surface area contributed by atoms with Gasteiger partial charge in [0.15, 0.2) is 0 Å². The number of aryl methyl sites for hydroxylation is 2. The van der Waals surface area contributed by atoms with Crippen molar-refractivity contribution in [2.75, 3.05) is 0 Å². The number of hydrogen-bond acceptors (Lipinski definition) is 0. The third kappa shape index (κ3) is 2.59. The highest BCUT2D eigenvalue weighted by atomic mass is 35.5. The van der Waals surface area contributed by atoms with Gasteiger partial charge < -0.3 is 0 Å². The minimum Gasteiger partial charge on any atom is -0.0837 e. The van der Waals surface area contributed by atoms with Gasteiger partial charge in [0.25, 0.3) is 0 Å². The summed E-state index contributed by atoms with van der Waals surface area (Å²) in [6.07, 6.45) is 0. The van der Waals surface area contributed by atoms with Crippen LogP contribution in [0.4, 0.5) is 0 Å². The number of benzene rings is 2. The minimum absolute atomic E-state index is 0.504. The lowest BCUT2D eigenvalue weighted by atomic mass is 9.93. The van der Waals surface area contributed by atoms with Gasteiger partial charge in [-0.05, 0) is 54.7 Å². The van der Waals surface area contributed by atoms with E-state index < -0.39 is 0 Å². The van der Waals surface area contributed by atoms with Gasteiger partial charge in [-0.2, -0.15) is 0 Å². The molecule has 0 fully saturated rings. The Bertz CT molecular complexity index is 568. The first kappa shape index (κ1) is 13.2. The molecule has 0 atom stereocenters. The predicted molar refractivity (Wildman–Crippen MR) is 79.3 cm³/mol. The molecule has 0 aliphatic carbocycles. The zero-order valence-electron chi connectivity index (χ0n) is 11.3. The lowest BCUT2D eigenvalue weighted by Crippen LogP contribution is -1.92. The third-order valence-electron chi connectivity index (χ3n) is 3.25. The van der Waals surface area contributed by atoms with Crippen LogP contribution in [0.3, 0.4) is 0 Å². The van der Waals surface area contributed by atoms with Gasteiger partial charge in [-0.1, -0.05) is 49.2 Å². The van der Waals surface area contributed by atoms with Gasteiger partial charge >= 0.3 is 0 Å². The Hall–Kier alpha value is -1.27. The maximum Gasteiger partial charge on any atom is 0.0484 e. The lowest BCUT2D eigenvalue weighted by molar-refractivity contribution is 0.866. The van der Waals surface area contributed by atoms with Crippen molar-refractivity contribution in [3.8, 4) is 11.1 Å². The summed E-state index contributed by atoms with van der Waals surface area (Å²) in [5.74, 6) is 0.504.